The second-order valence-corrected chi connectivity index (χ2v) is 9.50. The van der Waals surface area contributed by atoms with Crippen molar-refractivity contribution in [3.63, 3.8) is 0 Å². The second-order valence-electron chi connectivity index (χ2n) is 9.50. The molecule has 0 fully saturated rings. The van der Waals surface area contributed by atoms with Crippen LogP contribution in [-0.4, -0.2) is 13.0 Å². The molecule has 3 heteroatoms. The van der Waals surface area contributed by atoms with Crippen molar-refractivity contribution in [2.75, 3.05) is 11.4 Å². The lowest BCUT2D eigenvalue weighted by molar-refractivity contribution is -0.124. The maximum Gasteiger partial charge on any atom is 0.298 e. The fourth-order valence-corrected chi connectivity index (χ4v) is 4.80. The molecule has 0 saturated carbocycles. The largest absolute Gasteiger partial charge is 0.434 e. The number of carbonyl (C=O) groups is 1. The molecule has 0 spiro atoms. The highest BCUT2D eigenvalue weighted by Gasteiger charge is 2.20. The van der Waals surface area contributed by atoms with Gasteiger partial charge in [-0.15, -0.1) is 0 Å². The van der Waals surface area contributed by atoms with Gasteiger partial charge >= 0.3 is 0 Å². The lowest BCUT2D eigenvalue weighted by atomic mass is 10.0. The van der Waals surface area contributed by atoms with Crippen molar-refractivity contribution >= 4 is 23.9 Å². The first-order valence-corrected chi connectivity index (χ1v) is 13.1. The zero-order valence-corrected chi connectivity index (χ0v) is 21.3. The summed E-state index contributed by atoms with van der Waals surface area (Å²) in [4.78, 5) is 13.0. The van der Waals surface area contributed by atoms with E-state index in [0.29, 0.717) is 12.2 Å². The molecule has 0 bridgehead atoms. The summed E-state index contributed by atoms with van der Waals surface area (Å²) in [5, 5.41) is 0. The summed E-state index contributed by atoms with van der Waals surface area (Å²) in [7, 11) is 0. The topological polar surface area (TPSA) is 29.5 Å². The number of benzene rings is 2. The summed E-state index contributed by atoms with van der Waals surface area (Å²) in [5.41, 5.74) is 8.08. The number of fused-ring (bicyclic) bond motifs is 2. The predicted octanol–water partition coefficient (Wildman–Crippen LogP) is 8.46. The van der Waals surface area contributed by atoms with Gasteiger partial charge in [-0.2, -0.15) is 0 Å². The van der Waals surface area contributed by atoms with Crippen LogP contribution in [0.15, 0.2) is 54.3 Å². The van der Waals surface area contributed by atoms with Crippen molar-refractivity contribution in [2.45, 2.75) is 85.0 Å². The molecule has 0 aliphatic carbocycles. The number of hydrogen-bond acceptors (Lipinski definition) is 3. The van der Waals surface area contributed by atoms with Gasteiger partial charge in [-0.1, -0.05) is 87.8 Å². The van der Waals surface area contributed by atoms with E-state index in [-0.39, 0.29) is 0 Å². The van der Waals surface area contributed by atoms with Crippen LogP contribution in [0, 0.1) is 6.92 Å². The van der Waals surface area contributed by atoms with Crippen LogP contribution in [0.1, 0.15) is 87.5 Å². The quantitative estimate of drug-likeness (QED) is 0.130. The van der Waals surface area contributed by atoms with E-state index in [2.05, 4.69) is 61.2 Å². The number of hydrogen-bond donors (Lipinski definition) is 0. The maximum atomic E-state index is 10.5. The Morgan fingerprint density at radius 1 is 0.912 bits per heavy atom. The molecular formula is C31H41NO2. The number of rotatable bonds is 13. The Labute approximate surface area is 206 Å². The molecule has 3 rings (SSSR count). The van der Waals surface area contributed by atoms with Crippen LogP contribution in [0.5, 0.6) is 0 Å². The number of ether oxygens (including phenoxy) is 1. The maximum absolute atomic E-state index is 10.5. The average Bonchev–Trinajstić information content (AvgIpc) is 2.97. The second kappa shape index (κ2) is 13.8. The molecule has 0 saturated heterocycles. The molecule has 0 radical (unpaired) electrons. The van der Waals surface area contributed by atoms with Gasteiger partial charge in [0.05, 0.1) is 0 Å². The minimum Gasteiger partial charge on any atom is -0.434 e. The Balaban J connectivity index is 1.73. The van der Waals surface area contributed by atoms with E-state index in [0.717, 1.165) is 19.4 Å². The first-order valence-electron chi connectivity index (χ1n) is 13.1. The van der Waals surface area contributed by atoms with Gasteiger partial charge in [0, 0.05) is 17.9 Å². The van der Waals surface area contributed by atoms with Crippen LogP contribution in [-0.2, 0) is 22.4 Å². The lowest BCUT2D eigenvalue weighted by Crippen LogP contribution is -2.20. The van der Waals surface area contributed by atoms with Crippen LogP contribution in [0.25, 0.3) is 6.08 Å². The van der Waals surface area contributed by atoms with Crippen molar-refractivity contribution in [1.29, 1.82) is 0 Å². The highest BCUT2D eigenvalue weighted by Crippen LogP contribution is 2.37. The summed E-state index contributed by atoms with van der Waals surface area (Å²) in [6.45, 7) is 7.77. The van der Waals surface area contributed by atoms with Gasteiger partial charge in [0.1, 0.15) is 5.76 Å². The summed E-state index contributed by atoms with van der Waals surface area (Å²) in [6.07, 6.45) is 18.6. The molecule has 34 heavy (non-hydrogen) atoms. The van der Waals surface area contributed by atoms with E-state index in [4.69, 9.17) is 4.74 Å². The van der Waals surface area contributed by atoms with Gasteiger partial charge in [-0.3, -0.25) is 4.79 Å². The van der Waals surface area contributed by atoms with Crippen LogP contribution in [0.2, 0.25) is 0 Å². The number of carbonyl (C=O) groups excluding carboxylic acids is 1. The Morgan fingerprint density at radius 3 is 2.26 bits per heavy atom. The number of aryl methyl sites for hydroxylation is 3. The van der Waals surface area contributed by atoms with Crippen molar-refractivity contribution < 1.29 is 9.53 Å². The number of allylic oxidation sites excluding steroid dienone is 3. The van der Waals surface area contributed by atoms with Gasteiger partial charge in [-0.25, -0.2) is 0 Å². The molecule has 2 aromatic rings. The summed E-state index contributed by atoms with van der Waals surface area (Å²) in [5.74, 6) is 0.586. The van der Waals surface area contributed by atoms with Crippen LogP contribution < -0.4 is 4.90 Å². The highest BCUT2D eigenvalue weighted by molar-refractivity contribution is 5.73. The molecule has 182 valence electrons. The van der Waals surface area contributed by atoms with E-state index < -0.39 is 0 Å². The normalized spacial score (nSPS) is 13.5. The van der Waals surface area contributed by atoms with Crippen molar-refractivity contribution in [3.8, 4) is 0 Å². The molecule has 0 aromatic heterocycles. The molecule has 0 unspecified atom stereocenters. The van der Waals surface area contributed by atoms with Crippen LogP contribution >= 0.6 is 0 Å². The van der Waals surface area contributed by atoms with E-state index in [1.807, 2.05) is 12.2 Å². The minimum atomic E-state index is 0.461. The minimum absolute atomic E-state index is 0.461. The van der Waals surface area contributed by atoms with Crippen molar-refractivity contribution in [2.24, 2.45) is 0 Å². The van der Waals surface area contributed by atoms with Crippen LogP contribution in [0.3, 0.4) is 0 Å². The average molecular weight is 460 g/mol. The fourth-order valence-electron chi connectivity index (χ4n) is 4.80. The Hall–Kier alpha value is -2.81. The van der Waals surface area contributed by atoms with Gasteiger partial charge in [-0.05, 0) is 74.1 Å². The van der Waals surface area contributed by atoms with E-state index >= 15 is 0 Å². The summed E-state index contributed by atoms with van der Waals surface area (Å²) < 4.78 is 4.85. The summed E-state index contributed by atoms with van der Waals surface area (Å²) in [6, 6.07) is 13.7. The number of unbranched alkanes of at least 4 members (excludes halogenated alkanes) is 7. The molecule has 3 nitrogen and oxygen atoms in total. The smallest absolute Gasteiger partial charge is 0.298 e. The van der Waals surface area contributed by atoms with Crippen molar-refractivity contribution in [1.82, 2.24) is 0 Å². The predicted molar refractivity (Wildman–Crippen MR) is 145 cm³/mol. The van der Waals surface area contributed by atoms with E-state index in [1.165, 1.54) is 85.0 Å². The summed E-state index contributed by atoms with van der Waals surface area (Å²) >= 11 is 0. The molecule has 0 atom stereocenters. The third-order valence-electron chi connectivity index (χ3n) is 6.67. The number of nitrogens with zero attached hydrogens (tertiary/aromatic N) is 1. The van der Waals surface area contributed by atoms with Crippen molar-refractivity contribution in [3.05, 3.63) is 76.6 Å². The fraction of sp³-hybridized carbons (Fsp3) is 0.452. The monoisotopic (exact) mass is 459 g/mol. The lowest BCUT2D eigenvalue weighted by Gasteiger charge is -2.27. The van der Waals surface area contributed by atoms with Gasteiger partial charge in [0.2, 0.25) is 0 Å². The van der Waals surface area contributed by atoms with Gasteiger partial charge < -0.3 is 9.64 Å². The zero-order chi connectivity index (χ0) is 24.2. The third-order valence-corrected chi connectivity index (χ3v) is 6.67. The first-order chi connectivity index (χ1) is 16.6. The molecule has 0 N–H and O–H groups in total. The highest BCUT2D eigenvalue weighted by atomic mass is 16.5. The van der Waals surface area contributed by atoms with Gasteiger partial charge in [0.15, 0.2) is 0 Å². The van der Waals surface area contributed by atoms with E-state index in [9.17, 15) is 4.79 Å². The van der Waals surface area contributed by atoms with E-state index in [1.54, 1.807) is 6.92 Å². The third kappa shape index (κ3) is 7.62. The molecular weight excluding hydrogens is 418 g/mol. The van der Waals surface area contributed by atoms with Gasteiger partial charge in [0.25, 0.3) is 6.47 Å². The molecule has 1 heterocycles. The number of anilines is 2. The molecule has 1 aliphatic rings. The SMILES string of the molecule is CCCCCCCCCCN1c2ccc(C)cc2CCc2cc(/C=C/C=C(/C)OC=O)ccc21. The van der Waals surface area contributed by atoms with Crippen LogP contribution in [0.4, 0.5) is 11.4 Å². The zero-order valence-electron chi connectivity index (χ0n) is 21.3. The Morgan fingerprint density at radius 2 is 1.56 bits per heavy atom. The Kier molecular flexibility index (Phi) is 10.5. The molecule has 1 aliphatic heterocycles. The standard InChI is InChI=1S/C31H41NO2/c1-4-5-6-7-8-9-10-11-21-32-30-19-15-25(2)22-28(30)17-18-29-23-27(16-20-31(29)32)14-12-13-26(3)34-24-33/h12-16,19-20,22-24H,4-11,17-18,21H2,1-3H3/b14-12+,26-13-. The first kappa shape index (κ1) is 25.8. The molecule has 0 amide bonds. The Bertz CT molecular complexity index is 989. The molecule has 2 aromatic carbocycles.